The maximum Gasteiger partial charge on any atom is 0.267 e. The maximum absolute atomic E-state index is 12.3. The summed E-state index contributed by atoms with van der Waals surface area (Å²) in [6.45, 7) is 0. The van der Waals surface area contributed by atoms with Crippen LogP contribution >= 0.6 is 34.5 Å². The number of anilines is 2. The van der Waals surface area contributed by atoms with Crippen LogP contribution in [0, 0.1) is 0 Å². The molecule has 1 amide bonds. The molecule has 1 heterocycles. The molecule has 3 N–H and O–H groups in total. The van der Waals surface area contributed by atoms with Gasteiger partial charge in [0.2, 0.25) is 0 Å². The van der Waals surface area contributed by atoms with Gasteiger partial charge in [-0.25, -0.2) is 0 Å². The normalized spacial score (nSPS) is 10.8. The van der Waals surface area contributed by atoms with Crippen LogP contribution in [0.1, 0.15) is 9.67 Å². The van der Waals surface area contributed by atoms with E-state index < -0.39 is 0 Å². The van der Waals surface area contributed by atoms with E-state index in [0.29, 0.717) is 26.3 Å². The molecule has 0 aliphatic heterocycles. The Kier molecular flexibility index (Phi) is 3.76. The molecule has 0 saturated heterocycles. The zero-order valence-corrected chi connectivity index (χ0v) is 13.0. The van der Waals surface area contributed by atoms with Crippen LogP contribution in [0.15, 0.2) is 42.5 Å². The van der Waals surface area contributed by atoms with E-state index in [0.717, 1.165) is 10.1 Å². The number of halogens is 2. The second kappa shape index (κ2) is 5.56. The number of carbonyl (C=O) groups excluding carboxylic acids is 1. The summed E-state index contributed by atoms with van der Waals surface area (Å²) in [4.78, 5) is 12.8. The number of nitrogens with two attached hydrogens (primary N) is 1. The maximum atomic E-state index is 12.3. The van der Waals surface area contributed by atoms with Crippen molar-refractivity contribution in [3.8, 4) is 0 Å². The second-order valence-electron chi connectivity index (χ2n) is 4.45. The minimum atomic E-state index is -0.243. The van der Waals surface area contributed by atoms with Gasteiger partial charge in [0.1, 0.15) is 4.88 Å². The van der Waals surface area contributed by atoms with E-state index in [-0.39, 0.29) is 5.91 Å². The average Bonchev–Trinajstić information content (AvgIpc) is 2.78. The van der Waals surface area contributed by atoms with Gasteiger partial charge in [-0.2, -0.15) is 0 Å². The van der Waals surface area contributed by atoms with Crippen LogP contribution < -0.4 is 11.1 Å². The van der Waals surface area contributed by atoms with Crippen molar-refractivity contribution in [3.05, 3.63) is 57.4 Å². The molecule has 0 bridgehead atoms. The number of nitrogen functional groups attached to an aromatic ring is 1. The van der Waals surface area contributed by atoms with Crippen molar-refractivity contribution in [1.29, 1.82) is 0 Å². The highest BCUT2D eigenvalue weighted by Gasteiger charge is 2.16. The molecular weight excluding hydrogens is 327 g/mol. The number of amides is 1. The van der Waals surface area contributed by atoms with Gasteiger partial charge in [0.05, 0.1) is 5.69 Å². The van der Waals surface area contributed by atoms with E-state index in [1.807, 2.05) is 6.07 Å². The highest BCUT2D eigenvalue weighted by molar-refractivity contribution is 7.21. The Morgan fingerprint density at radius 2 is 1.71 bits per heavy atom. The van der Waals surface area contributed by atoms with Crippen molar-refractivity contribution in [2.75, 3.05) is 11.1 Å². The molecule has 3 rings (SSSR count). The fraction of sp³-hybridized carbons (Fsp3) is 0. The number of thiophene rings is 1. The van der Waals surface area contributed by atoms with Crippen molar-refractivity contribution < 1.29 is 4.79 Å². The molecule has 0 radical (unpaired) electrons. The Balaban J connectivity index is 1.94. The van der Waals surface area contributed by atoms with Gasteiger partial charge in [-0.15, -0.1) is 11.3 Å². The second-order valence-corrected chi connectivity index (χ2v) is 6.37. The number of hydrogen-bond donors (Lipinski definition) is 2. The van der Waals surface area contributed by atoms with Gasteiger partial charge in [0.15, 0.2) is 0 Å². The first-order valence-corrected chi connectivity index (χ1v) is 7.66. The quantitative estimate of drug-likeness (QED) is 0.688. The molecule has 106 valence electrons. The standard InChI is InChI=1S/C15H10Cl2N2OS/c16-8-1-4-10(5-2-8)19-15(20)14-13(18)11-6-3-9(17)7-12(11)21-14/h1-7H,18H2,(H,19,20). The molecular formula is C15H10Cl2N2OS. The molecule has 0 atom stereocenters. The number of nitrogens with one attached hydrogen (secondary N) is 1. The van der Waals surface area contributed by atoms with E-state index in [4.69, 9.17) is 28.9 Å². The molecule has 1 aromatic heterocycles. The molecule has 2 aromatic carbocycles. The molecule has 0 aliphatic rings. The first-order valence-electron chi connectivity index (χ1n) is 6.09. The lowest BCUT2D eigenvalue weighted by molar-refractivity contribution is 0.103. The van der Waals surface area contributed by atoms with Crippen LogP contribution in [-0.4, -0.2) is 5.91 Å². The Labute approximate surface area is 135 Å². The van der Waals surface area contributed by atoms with Crippen LogP contribution in [0.25, 0.3) is 10.1 Å². The summed E-state index contributed by atoms with van der Waals surface area (Å²) in [7, 11) is 0. The average molecular weight is 337 g/mol. The van der Waals surface area contributed by atoms with Crippen LogP contribution in [-0.2, 0) is 0 Å². The number of rotatable bonds is 2. The van der Waals surface area contributed by atoms with Crippen molar-refractivity contribution in [3.63, 3.8) is 0 Å². The summed E-state index contributed by atoms with van der Waals surface area (Å²) in [5, 5.41) is 4.87. The summed E-state index contributed by atoms with van der Waals surface area (Å²) in [6, 6.07) is 12.3. The molecule has 0 saturated carbocycles. The van der Waals surface area contributed by atoms with Gasteiger partial charge in [-0.1, -0.05) is 23.2 Å². The molecule has 0 spiro atoms. The summed E-state index contributed by atoms with van der Waals surface area (Å²) in [5.74, 6) is -0.243. The van der Waals surface area contributed by atoms with Gasteiger partial charge in [-0.3, -0.25) is 4.79 Å². The predicted molar refractivity (Wildman–Crippen MR) is 90.7 cm³/mol. The highest BCUT2D eigenvalue weighted by atomic mass is 35.5. The van der Waals surface area contributed by atoms with E-state index in [1.54, 1.807) is 36.4 Å². The minimum Gasteiger partial charge on any atom is -0.397 e. The molecule has 21 heavy (non-hydrogen) atoms. The van der Waals surface area contributed by atoms with Gasteiger partial charge in [-0.05, 0) is 42.5 Å². The number of fused-ring (bicyclic) bond motifs is 1. The van der Waals surface area contributed by atoms with Gasteiger partial charge in [0, 0.05) is 25.8 Å². The van der Waals surface area contributed by atoms with Gasteiger partial charge < -0.3 is 11.1 Å². The van der Waals surface area contributed by atoms with E-state index in [1.165, 1.54) is 11.3 Å². The number of carbonyl (C=O) groups is 1. The first kappa shape index (κ1) is 14.2. The van der Waals surface area contributed by atoms with Crippen molar-refractivity contribution in [1.82, 2.24) is 0 Å². The monoisotopic (exact) mass is 336 g/mol. The van der Waals surface area contributed by atoms with Gasteiger partial charge in [0.25, 0.3) is 5.91 Å². The van der Waals surface area contributed by atoms with Crippen molar-refractivity contribution >= 4 is 61.9 Å². The van der Waals surface area contributed by atoms with Gasteiger partial charge >= 0.3 is 0 Å². The SMILES string of the molecule is Nc1c(C(=O)Nc2ccc(Cl)cc2)sc2cc(Cl)ccc12. The summed E-state index contributed by atoms with van der Waals surface area (Å²) >= 11 is 13.1. The molecule has 0 aliphatic carbocycles. The van der Waals surface area contributed by atoms with Crippen LogP contribution in [0.4, 0.5) is 11.4 Å². The lowest BCUT2D eigenvalue weighted by atomic mass is 10.2. The first-order chi connectivity index (χ1) is 10.0. The summed E-state index contributed by atoms with van der Waals surface area (Å²) in [6.07, 6.45) is 0. The van der Waals surface area contributed by atoms with Crippen LogP contribution in [0.5, 0.6) is 0 Å². The predicted octanol–water partition coefficient (Wildman–Crippen LogP) is 5.04. The smallest absolute Gasteiger partial charge is 0.267 e. The Hall–Kier alpha value is -1.75. The third-order valence-electron chi connectivity index (χ3n) is 3.00. The van der Waals surface area contributed by atoms with Crippen molar-refractivity contribution in [2.24, 2.45) is 0 Å². The Morgan fingerprint density at radius 3 is 2.43 bits per heavy atom. The topological polar surface area (TPSA) is 55.1 Å². The highest BCUT2D eigenvalue weighted by Crippen LogP contribution is 2.35. The molecule has 3 aromatic rings. The van der Waals surface area contributed by atoms with Crippen molar-refractivity contribution in [2.45, 2.75) is 0 Å². The fourth-order valence-electron chi connectivity index (χ4n) is 1.98. The van der Waals surface area contributed by atoms with E-state index >= 15 is 0 Å². The lowest BCUT2D eigenvalue weighted by Gasteiger charge is -2.04. The molecule has 0 fully saturated rings. The Morgan fingerprint density at radius 1 is 1.05 bits per heavy atom. The van der Waals surface area contributed by atoms with E-state index in [9.17, 15) is 4.79 Å². The largest absolute Gasteiger partial charge is 0.397 e. The summed E-state index contributed by atoms with van der Waals surface area (Å²) in [5.41, 5.74) is 7.19. The Bertz CT molecular complexity index is 828. The molecule has 3 nitrogen and oxygen atoms in total. The third-order valence-corrected chi connectivity index (χ3v) is 4.65. The summed E-state index contributed by atoms with van der Waals surface area (Å²) < 4.78 is 0.890. The fourth-order valence-corrected chi connectivity index (χ4v) is 3.40. The zero-order chi connectivity index (χ0) is 15.0. The van der Waals surface area contributed by atoms with Crippen LogP contribution in [0.3, 0.4) is 0 Å². The van der Waals surface area contributed by atoms with Crippen LogP contribution in [0.2, 0.25) is 10.0 Å². The third kappa shape index (κ3) is 2.83. The zero-order valence-electron chi connectivity index (χ0n) is 10.7. The van der Waals surface area contributed by atoms with E-state index in [2.05, 4.69) is 5.32 Å². The lowest BCUT2D eigenvalue weighted by Crippen LogP contribution is -2.11. The molecule has 6 heteroatoms. The minimum absolute atomic E-state index is 0.243. The number of benzene rings is 2. The molecule has 0 unspecified atom stereocenters. The number of hydrogen-bond acceptors (Lipinski definition) is 3.